The van der Waals surface area contributed by atoms with Crippen molar-refractivity contribution in [2.45, 2.75) is 26.8 Å². The minimum atomic E-state index is -0.486. The molecule has 0 amide bonds. The van der Waals surface area contributed by atoms with Crippen molar-refractivity contribution in [2.75, 3.05) is 14.2 Å². The summed E-state index contributed by atoms with van der Waals surface area (Å²) in [6.45, 7) is 6.07. The number of hydrogen-bond acceptors (Lipinski definition) is 4. The van der Waals surface area contributed by atoms with Crippen molar-refractivity contribution >= 4 is 17.6 Å². The van der Waals surface area contributed by atoms with E-state index in [-0.39, 0.29) is 11.7 Å². The summed E-state index contributed by atoms with van der Waals surface area (Å²) in [4.78, 5) is 17.3. The number of imidazole rings is 1. The summed E-state index contributed by atoms with van der Waals surface area (Å²) in [6, 6.07) is 13.3. The minimum absolute atomic E-state index is 0.0379. The van der Waals surface area contributed by atoms with Crippen molar-refractivity contribution in [1.82, 2.24) is 9.55 Å². The van der Waals surface area contributed by atoms with Crippen molar-refractivity contribution in [3.63, 3.8) is 0 Å². The molecule has 1 aromatic heterocycles. The molecule has 0 fully saturated rings. The van der Waals surface area contributed by atoms with E-state index >= 15 is 0 Å². The van der Waals surface area contributed by atoms with Gasteiger partial charge in [0.15, 0.2) is 5.69 Å². The van der Waals surface area contributed by atoms with Crippen LogP contribution in [0.3, 0.4) is 0 Å². The summed E-state index contributed by atoms with van der Waals surface area (Å²) >= 11 is 6.15. The molecule has 5 nitrogen and oxygen atoms in total. The molecule has 0 saturated carbocycles. The first-order valence-electron chi connectivity index (χ1n) is 8.99. The molecule has 28 heavy (non-hydrogen) atoms. The predicted molar refractivity (Wildman–Crippen MR) is 111 cm³/mol. The van der Waals surface area contributed by atoms with Gasteiger partial charge < -0.3 is 14.0 Å². The number of nitrogens with zero attached hydrogens (tertiary/aromatic N) is 2. The fraction of sp³-hybridized carbons (Fsp3) is 0.273. The van der Waals surface area contributed by atoms with Crippen LogP contribution < -0.4 is 4.74 Å². The van der Waals surface area contributed by atoms with Crippen LogP contribution in [0.1, 0.15) is 35.9 Å². The van der Waals surface area contributed by atoms with Gasteiger partial charge in [-0.25, -0.2) is 9.78 Å². The Morgan fingerprint density at radius 3 is 2.43 bits per heavy atom. The number of benzene rings is 2. The zero-order valence-corrected chi connectivity index (χ0v) is 17.4. The van der Waals surface area contributed by atoms with Crippen LogP contribution in [0.25, 0.3) is 22.6 Å². The lowest BCUT2D eigenvalue weighted by atomic mass is 10.0. The van der Waals surface area contributed by atoms with Crippen LogP contribution in [-0.4, -0.2) is 29.7 Å². The molecule has 0 radical (unpaired) electrons. The minimum Gasteiger partial charge on any atom is -0.496 e. The van der Waals surface area contributed by atoms with Gasteiger partial charge in [0.1, 0.15) is 11.6 Å². The lowest BCUT2D eigenvalue weighted by Crippen LogP contribution is -2.09. The lowest BCUT2D eigenvalue weighted by molar-refractivity contribution is 0.0595. The van der Waals surface area contributed by atoms with Crippen LogP contribution in [0.4, 0.5) is 0 Å². The number of para-hydroxylation sites is 1. The van der Waals surface area contributed by atoms with E-state index in [1.54, 1.807) is 7.11 Å². The summed E-state index contributed by atoms with van der Waals surface area (Å²) in [5, 5.41) is 0.640. The Hall–Kier alpha value is -2.79. The highest BCUT2D eigenvalue weighted by molar-refractivity contribution is 6.30. The Balaban J connectivity index is 2.40. The molecular formula is C22H23ClN2O3. The van der Waals surface area contributed by atoms with Gasteiger partial charge in [-0.3, -0.25) is 0 Å². The van der Waals surface area contributed by atoms with Gasteiger partial charge in [0.25, 0.3) is 0 Å². The highest BCUT2D eigenvalue weighted by Gasteiger charge is 2.28. The number of rotatable bonds is 5. The zero-order chi connectivity index (χ0) is 20.4. The first kappa shape index (κ1) is 20.0. The van der Waals surface area contributed by atoms with Crippen LogP contribution >= 0.6 is 11.6 Å². The molecule has 0 aliphatic carbocycles. The van der Waals surface area contributed by atoms with Crippen molar-refractivity contribution in [1.29, 1.82) is 0 Å². The van der Waals surface area contributed by atoms with Gasteiger partial charge in [0.2, 0.25) is 0 Å². The van der Waals surface area contributed by atoms with Crippen LogP contribution in [0.5, 0.6) is 5.75 Å². The third kappa shape index (κ3) is 3.50. The molecular weight excluding hydrogens is 376 g/mol. The molecule has 0 spiro atoms. The second kappa shape index (κ2) is 8.07. The van der Waals surface area contributed by atoms with Gasteiger partial charge in [-0.2, -0.15) is 0 Å². The number of methoxy groups -OCH3 is 2. The maximum absolute atomic E-state index is 12.6. The van der Waals surface area contributed by atoms with Crippen molar-refractivity contribution < 1.29 is 14.3 Å². The second-order valence-electron chi connectivity index (χ2n) is 6.75. The van der Waals surface area contributed by atoms with E-state index in [2.05, 4.69) is 13.8 Å². The highest BCUT2D eigenvalue weighted by atomic mass is 35.5. The fourth-order valence-corrected chi connectivity index (χ4v) is 3.57. The van der Waals surface area contributed by atoms with E-state index in [1.165, 1.54) is 7.11 Å². The molecule has 0 bridgehead atoms. The highest BCUT2D eigenvalue weighted by Crippen LogP contribution is 2.38. The number of halogens is 1. The van der Waals surface area contributed by atoms with Gasteiger partial charge in [-0.1, -0.05) is 29.8 Å². The van der Waals surface area contributed by atoms with E-state index in [1.807, 2.05) is 54.0 Å². The lowest BCUT2D eigenvalue weighted by Gasteiger charge is -2.18. The molecule has 146 valence electrons. The van der Waals surface area contributed by atoms with Crippen LogP contribution in [0.2, 0.25) is 5.02 Å². The Morgan fingerprint density at radius 1 is 1.11 bits per heavy atom. The third-order valence-electron chi connectivity index (χ3n) is 4.60. The van der Waals surface area contributed by atoms with Crippen molar-refractivity contribution in [3.05, 3.63) is 58.7 Å². The summed E-state index contributed by atoms with van der Waals surface area (Å²) in [6.07, 6.45) is 0. The molecule has 0 unspecified atom stereocenters. The molecule has 0 saturated heterocycles. The molecule has 0 aliphatic heterocycles. The molecule has 0 N–H and O–H groups in total. The van der Waals surface area contributed by atoms with Gasteiger partial charge in [0, 0.05) is 16.6 Å². The van der Waals surface area contributed by atoms with Crippen LogP contribution in [0, 0.1) is 6.92 Å². The van der Waals surface area contributed by atoms with Gasteiger partial charge in [-0.15, -0.1) is 0 Å². The maximum atomic E-state index is 12.6. The number of carbonyl (C=O) groups is 1. The number of esters is 1. The van der Waals surface area contributed by atoms with Crippen molar-refractivity contribution in [3.8, 4) is 28.4 Å². The normalized spacial score (nSPS) is 11.0. The SMILES string of the molecule is COC(=O)c1nc(-c2ccccc2OC)n(C(C)C)c1-c1ccc(Cl)cc1C. The largest absolute Gasteiger partial charge is 0.496 e. The summed E-state index contributed by atoms with van der Waals surface area (Å²) < 4.78 is 12.6. The van der Waals surface area contributed by atoms with Crippen LogP contribution in [-0.2, 0) is 4.74 Å². The summed E-state index contributed by atoms with van der Waals surface area (Å²) in [5.74, 6) is 0.849. The smallest absolute Gasteiger partial charge is 0.358 e. The van der Waals surface area contributed by atoms with Gasteiger partial charge in [-0.05, 0) is 50.6 Å². The topological polar surface area (TPSA) is 53.4 Å². The molecule has 1 heterocycles. The second-order valence-corrected chi connectivity index (χ2v) is 7.18. The Morgan fingerprint density at radius 2 is 1.82 bits per heavy atom. The van der Waals surface area contributed by atoms with E-state index in [0.29, 0.717) is 22.3 Å². The first-order chi connectivity index (χ1) is 13.4. The van der Waals surface area contributed by atoms with Gasteiger partial charge >= 0.3 is 5.97 Å². The van der Waals surface area contributed by atoms with E-state index in [0.717, 1.165) is 16.7 Å². The molecule has 6 heteroatoms. The summed E-state index contributed by atoms with van der Waals surface area (Å²) in [5.41, 5.74) is 3.61. The number of aromatic nitrogens is 2. The number of carbonyl (C=O) groups excluding carboxylic acids is 1. The number of ether oxygens (including phenoxy) is 2. The van der Waals surface area contributed by atoms with Gasteiger partial charge in [0.05, 0.1) is 25.5 Å². The predicted octanol–water partition coefficient (Wildman–Crippen LogP) is 5.56. The van der Waals surface area contributed by atoms with E-state index in [9.17, 15) is 4.79 Å². The average Bonchev–Trinajstić information content (AvgIpc) is 3.07. The Bertz CT molecular complexity index is 1020. The zero-order valence-electron chi connectivity index (χ0n) is 16.6. The quantitative estimate of drug-likeness (QED) is 0.528. The van der Waals surface area contributed by atoms with E-state index in [4.69, 9.17) is 26.1 Å². The standard InChI is InChI=1S/C22H23ClN2O3/c1-13(2)25-20(16-11-10-15(23)12-14(16)3)19(22(26)28-5)24-21(25)17-8-6-7-9-18(17)27-4/h6-13H,1-5H3. The fourth-order valence-electron chi connectivity index (χ4n) is 3.34. The first-order valence-corrected chi connectivity index (χ1v) is 9.37. The molecule has 0 aliphatic rings. The maximum Gasteiger partial charge on any atom is 0.358 e. The molecule has 3 aromatic rings. The van der Waals surface area contributed by atoms with Crippen LogP contribution in [0.15, 0.2) is 42.5 Å². The van der Waals surface area contributed by atoms with Crippen molar-refractivity contribution in [2.24, 2.45) is 0 Å². The monoisotopic (exact) mass is 398 g/mol. The molecule has 0 atom stereocenters. The summed E-state index contributed by atoms with van der Waals surface area (Å²) in [7, 11) is 2.98. The number of aryl methyl sites for hydroxylation is 1. The number of hydrogen-bond donors (Lipinski definition) is 0. The Labute approximate surface area is 169 Å². The Kier molecular flexibility index (Phi) is 5.75. The van der Waals surface area contributed by atoms with E-state index < -0.39 is 5.97 Å². The molecule has 2 aromatic carbocycles. The molecule has 3 rings (SSSR count). The third-order valence-corrected chi connectivity index (χ3v) is 4.83. The average molecular weight is 399 g/mol.